The van der Waals surface area contributed by atoms with Crippen molar-refractivity contribution in [1.29, 1.82) is 0 Å². The predicted octanol–water partition coefficient (Wildman–Crippen LogP) is -1.49. The Hall–Kier alpha value is 1.12. The summed E-state index contributed by atoms with van der Waals surface area (Å²) in [6.07, 6.45) is 1.23. The van der Waals surface area contributed by atoms with Crippen LogP contribution in [0.25, 0.3) is 0 Å². The summed E-state index contributed by atoms with van der Waals surface area (Å²) in [6, 6.07) is 0. The second kappa shape index (κ2) is 4.38. The van der Waals surface area contributed by atoms with Crippen LogP contribution in [0.2, 0.25) is 0 Å². The first-order valence-corrected chi connectivity index (χ1v) is 3.40. The van der Waals surface area contributed by atoms with Crippen LogP contribution in [-0.4, -0.2) is 11.4 Å². The Balaban J connectivity index is 0.000001000. The second-order valence-corrected chi connectivity index (χ2v) is 2.78. The Morgan fingerprint density at radius 1 is 1.45 bits per heavy atom. The average molecular weight is 205 g/mol. The number of hydrogen-bond donors (Lipinski definition) is 0. The third kappa shape index (κ3) is 3.16. The molecule has 1 nitrogen and oxygen atoms in total. The molecule has 0 spiro atoms. The van der Waals surface area contributed by atoms with Crippen LogP contribution in [0.3, 0.4) is 0 Å². The minimum atomic E-state index is -4.83. The Bertz CT molecular complexity index is 235. The van der Waals surface area contributed by atoms with Gasteiger partial charge in [0.15, 0.2) is 0 Å². The zero-order valence-corrected chi connectivity index (χ0v) is 10.1. The molecule has 1 heterocycles. The first kappa shape index (κ1) is 12.1. The molecule has 1 aromatic rings. The van der Waals surface area contributed by atoms with Gasteiger partial charge >= 0.3 is 58.4 Å². The van der Waals surface area contributed by atoms with Gasteiger partial charge in [-0.25, -0.2) is 4.37 Å². The molecule has 0 saturated heterocycles. The van der Waals surface area contributed by atoms with E-state index < -0.39 is 11.8 Å². The van der Waals surface area contributed by atoms with E-state index in [-0.39, 0.29) is 56.9 Å². The van der Waals surface area contributed by atoms with Gasteiger partial charge in [-0.1, -0.05) is 11.5 Å². The Morgan fingerprint density at radius 2 is 2.00 bits per heavy atom. The quantitative estimate of drug-likeness (QED) is 0.509. The number of aryl methyl sites for hydroxylation is 1. The molecular weight excluding hydrogens is 201 g/mol. The van der Waals surface area contributed by atoms with Crippen molar-refractivity contribution in [2.45, 2.75) is 6.92 Å². The van der Waals surface area contributed by atoms with Crippen molar-refractivity contribution in [1.82, 2.24) is 4.37 Å². The van der Waals surface area contributed by atoms with E-state index in [1.165, 1.54) is 13.1 Å². The Morgan fingerprint density at radius 3 is 2.18 bits per heavy atom. The van der Waals surface area contributed by atoms with E-state index in [4.69, 9.17) is 0 Å². The molecule has 0 saturated carbocycles. The molecule has 0 bridgehead atoms. The largest absolute Gasteiger partial charge is 1.00 e. The number of hydrogen-bond acceptors (Lipinski definition) is 2. The maximum Gasteiger partial charge on any atom is 1.00 e. The number of aromatic nitrogens is 1. The summed E-state index contributed by atoms with van der Waals surface area (Å²) in [5, 5.41) is 0. The molecule has 0 atom stereocenters. The molecule has 0 N–H and O–H groups in total. The van der Waals surface area contributed by atoms with Gasteiger partial charge in [-0.15, -0.1) is 0 Å². The predicted molar refractivity (Wildman–Crippen MR) is 35.6 cm³/mol. The van der Waals surface area contributed by atoms with Crippen molar-refractivity contribution in [3.8, 4) is 0 Å². The minimum absolute atomic E-state index is 0. The third-order valence-corrected chi connectivity index (χ3v) is 2.08. The topological polar surface area (TPSA) is 12.9 Å². The Kier molecular flexibility index (Phi) is 4.83. The van der Waals surface area contributed by atoms with Crippen LogP contribution < -0.4 is 56.2 Å². The fourth-order valence-electron chi connectivity index (χ4n) is 0.616. The number of rotatable bonds is 1. The SMILES string of the molecule is Cc1cnsc1[B-](F)(F)F.[K+]. The van der Waals surface area contributed by atoms with E-state index in [0.29, 0.717) is 11.5 Å². The molecule has 0 aliphatic carbocycles. The van der Waals surface area contributed by atoms with Gasteiger partial charge in [-0.2, -0.15) is 0 Å². The van der Waals surface area contributed by atoms with Gasteiger partial charge in [-0.05, 0) is 17.3 Å². The number of halogens is 3. The monoisotopic (exact) mass is 205 g/mol. The van der Waals surface area contributed by atoms with Crippen molar-refractivity contribution in [3.63, 3.8) is 0 Å². The molecule has 0 aliphatic heterocycles. The summed E-state index contributed by atoms with van der Waals surface area (Å²) in [5.74, 6) is 0. The van der Waals surface area contributed by atoms with Crippen LogP contribution >= 0.6 is 11.5 Å². The van der Waals surface area contributed by atoms with Crippen molar-refractivity contribution in [2.24, 2.45) is 0 Å². The molecule has 1 aromatic heterocycles. The fraction of sp³-hybridized carbons (Fsp3) is 0.250. The van der Waals surface area contributed by atoms with E-state index in [1.807, 2.05) is 0 Å². The first-order valence-electron chi connectivity index (χ1n) is 2.63. The summed E-state index contributed by atoms with van der Waals surface area (Å²) < 4.78 is 38.6. The molecule has 0 aliphatic rings. The Labute approximate surface area is 109 Å². The maximum absolute atomic E-state index is 11.9. The standard InChI is InChI=1S/C4H4BF3NS.K/c1-3-2-9-10-4(3)5(6,7)8;/h2H,1H3;/q-1;+1. The zero-order chi connectivity index (χ0) is 7.78. The van der Waals surface area contributed by atoms with Gasteiger partial charge < -0.3 is 12.9 Å². The zero-order valence-electron chi connectivity index (χ0n) is 6.14. The van der Waals surface area contributed by atoms with Gasteiger partial charge in [0.1, 0.15) is 0 Å². The molecule has 0 fully saturated rings. The van der Waals surface area contributed by atoms with Crippen molar-refractivity contribution in [2.75, 3.05) is 0 Å². The van der Waals surface area contributed by atoms with Crippen LogP contribution in [0.1, 0.15) is 5.56 Å². The number of nitrogens with zero attached hydrogens (tertiary/aromatic N) is 1. The van der Waals surface area contributed by atoms with Crippen LogP contribution in [-0.2, 0) is 0 Å². The van der Waals surface area contributed by atoms with Crippen molar-refractivity contribution < 1.29 is 64.3 Å². The molecular formula is C4H4BF3KNS. The normalized spacial score (nSPS) is 10.9. The van der Waals surface area contributed by atoms with Gasteiger partial charge in [0.05, 0.1) is 0 Å². The maximum atomic E-state index is 11.9. The third-order valence-electron chi connectivity index (χ3n) is 1.08. The van der Waals surface area contributed by atoms with Crippen LogP contribution in [0.4, 0.5) is 12.9 Å². The van der Waals surface area contributed by atoms with E-state index >= 15 is 0 Å². The van der Waals surface area contributed by atoms with Crippen LogP contribution in [0, 0.1) is 6.92 Å². The minimum Gasteiger partial charge on any atom is -0.444 e. The molecule has 11 heavy (non-hydrogen) atoms. The fourth-order valence-corrected chi connectivity index (χ4v) is 1.26. The second-order valence-electron chi connectivity index (χ2n) is 1.95. The van der Waals surface area contributed by atoms with E-state index in [1.54, 1.807) is 0 Å². The molecule has 0 aromatic carbocycles. The van der Waals surface area contributed by atoms with E-state index in [0.717, 1.165) is 0 Å². The van der Waals surface area contributed by atoms with Crippen LogP contribution in [0.5, 0.6) is 0 Å². The molecule has 0 unspecified atom stereocenters. The summed E-state index contributed by atoms with van der Waals surface area (Å²) in [7, 11) is 0. The molecule has 56 valence electrons. The van der Waals surface area contributed by atoms with Gasteiger partial charge in [0.25, 0.3) is 0 Å². The van der Waals surface area contributed by atoms with Gasteiger partial charge in [-0.3, -0.25) is 0 Å². The summed E-state index contributed by atoms with van der Waals surface area (Å²) in [6.45, 7) is -3.42. The smallest absolute Gasteiger partial charge is 0.444 e. The molecule has 1 rings (SSSR count). The van der Waals surface area contributed by atoms with E-state index in [9.17, 15) is 12.9 Å². The van der Waals surface area contributed by atoms with Crippen LogP contribution in [0.15, 0.2) is 6.20 Å². The van der Waals surface area contributed by atoms with Gasteiger partial charge in [0.2, 0.25) is 0 Å². The molecule has 7 heteroatoms. The average Bonchev–Trinajstić information content (AvgIpc) is 2.11. The van der Waals surface area contributed by atoms with Crippen molar-refractivity contribution in [3.05, 3.63) is 11.8 Å². The molecule has 0 amide bonds. The summed E-state index contributed by atoms with van der Waals surface area (Å²) in [5.41, 5.74) is 0.220. The van der Waals surface area contributed by atoms with E-state index in [2.05, 4.69) is 4.37 Å². The molecule has 0 radical (unpaired) electrons. The first-order chi connectivity index (χ1) is 4.52. The van der Waals surface area contributed by atoms with Crippen molar-refractivity contribution >= 4 is 23.3 Å². The summed E-state index contributed by atoms with van der Waals surface area (Å²) >= 11 is 0.509. The van der Waals surface area contributed by atoms with Gasteiger partial charge in [0, 0.05) is 6.20 Å². The summed E-state index contributed by atoms with van der Waals surface area (Å²) in [4.78, 5) is 0.